The van der Waals surface area contributed by atoms with Crippen molar-refractivity contribution in [1.82, 2.24) is 14.8 Å². The van der Waals surface area contributed by atoms with Gasteiger partial charge in [0.1, 0.15) is 11.3 Å². The quantitative estimate of drug-likeness (QED) is 0.378. The van der Waals surface area contributed by atoms with Crippen LogP contribution in [0, 0.1) is 6.92 Å². The number of fused-ring (bicyclic) bond motifs is 1. The molecular weight excluding hydrogens is 362 g/mol. The molecule has 0 saturated heterocycles. The molecule has 0 atom stereocenters. The summed E-state index contributed by atoms with van der Waals surface area (Å²) in [6.07, 6.45) is 2.54. The van der Waals surface area contributed by atoms with Gasteiger partial charge in [0.15, 0.2) is 11.0 Å². The van der Waals surface area contributed by atoms with E-state index in [4.69, 9.17) is 8.83 Å². The Labute approximate surface area is 160 Å². The number of aryl methyl sites for hydroxylation is 2. The molecule has 1 aromatic carbocycles. The molecule has 0 unspecified atom stereocenters. The average molecular weight is 381 g/mol. The zero-order valence-corrected chi connectivity index (χ0v) is 16.2. The minimum Gasteiger partial charge on any atom is -0.469 e. The highest BCUT2D eigenvalue weighted by atomic mass is 32.2. The van der Waals surface area contributed by atoms with E-state index in [2.05, 4.69) is 23.2 Å². The summed E-state index contributed by atoms with van der Waals surface area (Å²) >= 11 is 1.54. The maximum atomic E-state index is 12.0. The smallest absolute Gasteiger partial charge is 0.336 e. The fourth-order valence-electron chi connectivity index (χ4n) is 3.05. The molecule has 6 nitrogen and oxygen atoms in total. The predicted octanol–water partition coefficient (Wildman–Crippen LogP) is 4.34. The number of hydrogen-bond donors (Lipinski definition) is 0. The second-order valence-corrected chi connectivity index (χ2v) is 7.26. The molecule has 0 amide bonds. The fourth-order valence-corrected chi connectivity index (χ4v) is 3.95. The summed E-state index contributed by atoms with van der Waals surface area (Å²) in [5, 5.41) is 10.3. The summed E-state index contributed by atoms with van der Waals surface area (Å²) in [7, 11) is 1.93. The lowest BCUT2D eigenvalue weighted by Crippen LogP contribution is -2.01. The Kier molecular flexibility index (Phi) is 4.61. The first-order valence-electron chi connectivity index (χ1n) is 8.69. The maximum absolute atomic E-state index is 12.0. The summed E-state index contributed by atoms with van der Waals surface area (Å²) in [6, 6.07) is 9.46. The molecule has 4 rings (SSSR count). The van der Waals surface area contributed by atoms with Crippen LogP contribution in [-0.2, 0) is 19.2 Å². The molecule has 138 valence electrons. The van der Waals surface area contributed by atoms with Crippen LogP contribution in [0.5, 0.6) is 0 Å². The van der Waals surface area contributed by atoms with Gasteiger partial charge in [0.05, 0.1) is 11.8 Å². The first-order chi connectivity index (χ1) is 13.1. The predicted molar refractivity (Wildman–Crippen MR) is 105 cm³/mol. The van der Waals surface area contributed by atoms with E-state index >= 15 is 0 Å². The molecule has 0 N–H and O–H groups in total. The van der Waals surface area contributed by atoms with Gasteiger partial charge in [-0.3, -0.25) is 0 Å². The minimum atomic E-state index is -0.334. The SMILES string of the molecule is CCc1ccc2c(CSc3nnc(-c4ccoc4C)n3C)cc(=O)oc2c1. The Balaban J connectivity index is 1.64. The molecule has 0 aliphatic carbocycles. The van der Waals surface area contributed by atoms with Gasteiger partial charge in [-0.05, 0) is 36.6 Å². The van der Waals surface area contributed by atoms with Crippen LogP contribution in [0.25, 0.3) is 22.4 Å². The Morgan fingerprint density at radius 1 is 1.19 bits per heavy atom. The normalized spacial score (nSPS) is 11.4. The highest BCUT2D eigenvalue weighted by Gasteiger charge is 2.15. The van der Waals surface area contributed by atoms with Gasteiger partial charge in [0.2, 0.25) is 0 Å². The second-order valence-electron chi connectivity index (χ2n) is 6.32. The van der Waals surface area contributed by atoms with E-state index in [-0.39, 0.29) is 5.63 Å². The molecule has 4 aromatic rings. The molecule has 0 aliphatic rings. The third-order valence-corrected chi connectivity index (χ3v) is 5.66. The maximum Gasteiger partial charge on any atom is 0.336 e. The van der Waals surface area contributed by atoms with Crippen LogP contribution >= 0.6 is 11.8 Å². The Bertz CT molecular complexity index is 1170. The third-order valence-electron chi connectivity index (χ3n) is 4.59. The van der Waals surface area contributed by atoms with E-state index in [1.54, 1.807) is 12.3 Å². The summed E-state index contributed by atoms with van der Waals surface area (Å²) in [4.78, 5) is 12.0. The molecule has 0 saturated carbocycles. The molecule has 3 heterocycles. The van der Waals surface area contributed by atoms with Crippen molar-refractivity contribution in [3.63, 3.8) is 0 Å². The lowest BCUT2D eigenvalue weighted by molar-refractivity contribution is 0.534. The van der Waals surface area contributed by atoms with Crippen molar-refractivity contribution in [2.24, 2.45) is 7.05 Å². The van der Waals surface area contributed by atoms with Crippen molar-refractivity contribution in [2.75, 3.05) is 0 Å². The van der Waals surface area contributed by atoms with Gasteiger partial charge in [-0.25, -0.2) is 4.79 Å². The van der Waals surface area contributed by atoms with E-state index in [0.29, 0.717) is 11.3 Å². The highest BCUT2D eigenvalue weighted by Crippen LogP contribution is 2.29. The van der Waals surface area contributed by atoms with Crippen LogP contribution in [0.4, 0.5) is 0 Å². The van der Waals surface area contributed by atoms with Gasteiger partial charge in [0.25, 0.3) is 0 Å². The van der Waals surface area contributed by atoms with E-state index < -0.39 is 0 Å². The Morgan fingerprint density at radius 2 is 2.04 bits per heavy atom. The van der Waals surface area contributed by atoms with E-state index in [1.807, 2.05) is 36.7 Å². The number of rotatable bonds is 5. The largest absolute Gasteiger partial charge is 0.469 e. The zero-order valence-electron chi connectivity index (χ0n) is 15.4. The number of furan rings is 1. The molecule has 7 heteroatoms. The van der Waals surface area contributed by atoms with E-state index in [9.17, 15) is 4.79 Å². The second kappa shape index (κ2) is 7.08. The molecule has 0 bridgehead atoms. The number of hydrogen-bond acceptors (Lipinski definition) is 6. The molecule has 0 radical (unpaired) electrons. The molecule has 0 spiro atoms. The van der Waals surface area contributed by atoms with Crippen molar-refractivity contribution < 1.29 is 8.83 Å². The lowest BCUT2D eigenvalue weighted by atomic mass is 10.1. The zero-order chi connectivity index (χ0) is 19.0. The van der Waals surface area contributed by atoms with Crippen LogP contribution < -0.4 is 5.63 Å². The number of benzene rings is 1. The van der Waals surface area contributed by atoms with Crippen molar-refractivity contribution in [1.29, 1.82) is 0 Å². The number of thioether (sulfide) groups is 1. The van der Waals surface area contributed by atoms with Gasteiger partial charge >= 0.3 is 5.63 Å². The Hall–Kier alpha value is -2.80. The van der Waals surface area contributed by atoms with Crippen LogP contribution in [-0.4, -0.2) is 14.8 Å². The van der Waals surface area contributed by atoms with Crippen molar-refractivity contribution in [2.45, 2.75) is 31.2 Å². The van der Waals surface area contributed by atoms with E-state index in [0.717, 1.165) is 45.2 Å². The molecule has 27 heavy (non-hydrogen) atoms. The van der Waals surface area contributed by atoms with Crippen LogP contribution in [0.1, 0.15) is 23.8 Å². The van der Waals surface area contributed by atoms with E-state index in [1.165, 1.54) is 11.8 Å². The van der Waals surface area contributed by atoms with Crippen molar-refractivity contribution in [3.8, 4) is 11.4 Å². The molecule has 3 aromatic heterocycles. The first-order valence-corrected chi connectivity index (χ1v) is 9.67. The summed E-state index contributed by atoms with van der Waals surface area (Å²) < 4.78 is 12.7. The van der Waals surface area contributed by atoms with Crippen LogP contribution in [0.2, 0.25) is 0 Å². The van der Waals surface area contributed by atoms with Gasteiger partial charge < -0.3 is 13.4 Å². The topological polar surface area (TPSA) is 74.1 Å². The summed E-state index contributed by atoms with van der Waals surface area (Å²) in [6.45, 7) is 3.98. The standard InChI is InChI=1S/C20H19N3O3S/c1-4-13-5-6-16-14(10-18(24)26-17(16)9-13)11-27-20-22-21-19(23(20)3)15-7-8-25-12(15)2/h5-10H,4,11H2,1-3H3. The number of nitrogens with zero attached hydrogens (tertiary/aromatic N) is 3. The Morgan fingerprint density at radius 3 is 2.78 bits per heavy atom. The summed E-state index contributed by atoms with van der Waals surface area (Å²) in [5.74, 6) is 2.17. The average Bonchev–Trinajstić information content (AvgIpc) is 3.24. The molecular formula is C20H19N3O3S. The van der Waals surface area contributed by atoms with Crippen molar-refractivity contribution in [3.05, 3.63) is 63.9 Å². The van der Waals surface area contributed by atoms with Crippen molar-refractivity contribution >= 4 is 22.7 Å². The van der Waals surface area contributed by atoms with Gasteiger partial charge in [0, 0.05) is 24.3 Å². The number of aromatic nitrogens is 3. The molecule has 0 aliphatic heterocycles. The molecule has 0 fully saturated rings. The van der Waals surface area contributed by atoms with Gasteiger partial charge in [-0.1, -0.05) is 30.8 Å². The highest BCUT2D eigenvalue weighted by molar-refractivity contribution is 7.98. The van der Waals surface area contributed by atoms with Crippen LogP contribution in [0.15, 0.2) is 55.4 Å². The van der Waals surface area contributed by atoms with Crippen LogP contribution in [0.3, 0.4) is 0 Å². The summed E-state index contributed by atoms with van der Waals surface area (Å²) in [5.41, 5.74) is 3.29. The lowest BCUT2D eigenvalue weighted by Gasteiger charge is -2.07. The monoisotopic (exact) mass is 381 g/mol. The van der Waals surface area contributed by atoms with Gasteiger partial charge in [-0.15, -0.1) is 10.2 Å². The van der Waals surface area contributed by atoms with Gasteiger partial charge in [-0.2, -0.15) is 0 Å². The third kappa shape index (κ3) is 3.30. The fraction of sp³-hybridized carbons (Fsp3) is 0.250. The first kappa shape index (κ1) is 17.6. The minimum absolute atomic E-state index is 0.334.